The molecule has 0 radical (unpaired) electrons. The van der Waals surface area contributed by atoms with Crippen LogP contribution in [0.15, 0.2) is 33.7 Å². The van der Waals surface area contributed by atoms with Crippen molar-refractivity contribution >= 4 is 27.5 Å². The Morgan fingerprint density at radius 3 is 2.50 bits per heavy atom. The molecule has 0 aliphatic rings. The van der Waals surface area contributed by atoms with Crippen LogP contribution in [-0.2, 0) is 0 Å². The second-order valence-corrected chi connectivity index (χ2v) is 5.64. The third kappa shape index (κ3) is 2.99. The summed E-state index contributed by atoms with van der Waals surface area (Å²) in [5.74, 6) is -0.418. The normalized spacial score (nSPS) is 10.4. The van der Waals surface area contributed by atoms with E-state index in [0.29, 0.717) is 5.69 Å². The van der Waals surface area contributed by atoms with Crippen LogP contribution in [0, 0.1) is 20.8 Å². The standard InChI is InChI=1S/C15H15BrN2O2/c1-8-4-9(2)14(12(16)5-8)18-15(20)11-7-17-10(3)6-13(11)19/h4-7H,1-3H3,(H,17,19)(H,18,20). The second-order valence-electron chi connectivity index (χ2n) is 4.79. The van der Waals surface area contributed by atoms with Crippen LogP contribution in [0.4, 0.5) is 5.69 Å². The van der Waals surface area contributed by atoms with Gasteiger partial charge in [0.15, 0.2) is 5.43 Å². The molecule has 0 bridgehead atoms. The monoisotopic (exact) mass is 334 g/mol. The molecule has 0 unspecified atom stereocenters. The molecule has 0 aliphatic heterocycles. The van der Waals surface area contributed by atoms with Gasteiger partial charge in [0, 0.05) is 22.4 Å². The van der Waals surface area contributed by atoms with Gasteiger partial charge in [-0.2, -0.15) is 0 Å². The van der Waals surface area contributed by atoms with E-state index >= 15 is 0 Å². The zero-order chi connectivity index (χ0) is 14.9. The lowest BCUT2D eigenvalue weighted by atomic mass is 10.1. The number of aromatic nitrogens is 1. The van der Waals surface area contributed by atoms with Crippen LogP contribution in [0.2, 0.25) is 0 Å². The molecule has 20 heavy (non-hydrogen) atoms. The fraction of sp³-hybridized carbons (Fsp3) is 0.200. The van der Waals surface area contributed by atoms with E-state index in [0.717, 1.165) is 21.3 Å². The SMILES string of the molecule is Cc1cc(C)c(NC(=O)c2c[nH]c(C)cc2=O)c(Br)c1. The van der Waals surface area contributed by atoms with E-state index in [-0.39, 0.29) is 11.0 Å². The maximum Gasteiger partial charge on any atom is 0.261 e. The zero-order valence-corrected chi connectivity index (χ0v) is 13.1. The van der Waals surface area contributed by atoms with Crippen molar-refractivity contribution in [1.29, 1.82) is 0 Å². The molecule has 1 aromatic heterocycles. The van der Waals surface area contributed by atoms with E-state index in [4.69, 9.17) is 0 Å². The van der Waals surface area contributed by atoms with Gasteiger partial charge in [0.25, 0.3) is 5.91 Å². The van der Waals surface area contributed by atoms with Crippen molar-refractivity contribution in [2.75, 3.05) is 5.32 Å². The lowest BCUT2D eigenvalue weighted by molar-refractivity contribution is 0.102. The molecule has 1 amide bonds. The van der Waals surface area contributed by atoms with Gasteiger partial charge in [-0.25, -0.2) is 0 Å². The second kappa shape index (κ2) is 5.63. The van der Waals surface area contributed by atoms with E-state index in [1.807, 2.05) is 26.0 Å². The van der Waals surface area contributed by atoms with Crippen LogP contribution in [0.25, 0.3) is 0 Å². The van der Waals surface area contributed by atoms with E-state index in [1.54, 1.807) is 6.92 Å². The average molecular weight is 335 g/mol. The summed E-state index contributed by atoms with van der Waals surface area (Å²) < 4.78 is 0.798. The summed E-state index contributed by atoms with van der Waals surface area (Å²) in [5.41, 5.74) is 3.25. The minimum atomic E-state index is -0.418. The number of aromatic amines is 1. The van der Waals surface area contributed by atoms with Crippen LogP contribution >= 0.6 is 15.9 Å². The Bertz CT molecular complexity index is 712. The summed E-state index contributed by atoms with van der Waals surface area (Å²) in [6.07, 6.45) is 1.43. The largest absolute Gasteiger partial charge is 0.364 e. The maximum absolute atomic E-state index is 12.2. The number of carbonyl (C=O) groups excluding carboxylic acids is 1. The van der Waals surface area contributed by atoms with Crippen LogP contribution < -0.4 is 10.7 Å². The van der Waals surface area contributed by atoms with E-state index in [9.17, 15) is 9.59 Å². The minimum absolute atomic E-state index is 0.0995. The first-order chi connectivity index (χ1) is 9.38. The van der Waals surface area contributed by atoms with Crippen molar-refractivity contribution < 1.29 is 4.79 Å². The van der Waals surface area contributed by atoms with Gasteiger partial charge in [-0.15, -0.1) is 0 Å². The number of hydrogen-bond donors (Lipinski definition) is 2. The molecule has 104 valence electrons. The van der Waals surface area contributed by atoms with Crippen LogP contribution in [0.3, 0.4) is 0 Å². The fourth-order valence-electron chi connectivity index (χ4n) is 2.01. The fourth-order valence-corrected chi connectivity index (χ4v) is 2.78. The summed E-state index contributed by atoms with van der Waals surface area (Å²) in [5, 5.41) is 2.78. The van der Waals surface area contributed by atoms with Gasteiger partial charge < -0.3 is 10.3 Å². The van der Waals surface area contributed by atoms with Gasteiger partial charge >= 0.3 is 0 Å². The highest BCUT2D eigenvalue weighted by Crippen LogP contribution is 2.28. The molecule has 0 atom stereocenters. The molecule has 5 heteroatoms. The Morgan fingerprint density at radius 2 is 1.90 bits per heavy atom. The number of halogens is 1. The molecular weight excluding hydrogens is 320 g/mol. The van der Waals surface area contributed by atoms with Crippen molar-refractivity contribution in [1.82, 2.24) is 4.98 Å². The van der Waals surface area contributed by atoms with Crippen molar-refractivity contribution in [2.45, 2.75) is 20.8 Å². The summed E-state index contributed by atoms with van der Waals surface area (Å²) in [4.78, 5) is 26.9. The quantitative estimate of drug-likeness (QED) is 0.884. The molecule has 2 rings (SSSR count). The molecule has 4 nitrogen and oxygen atoms in total. The first kappa shape index (κ1) is 14.5. The number of anilines is 1. The summed E-state index contributed by atoms with van der Waals surface area (Å²) in [7, 11) is 0. The van der Waals surface area contributed by atoms with E-state index < -0.39 is 5.91 Å². The Morgan fingerprint density at radius 1 is 1.20 bits per heavy atom. The van der Waals surface area contributed by atoms with Gasteiger partial charge in [0.05, 0.1) is 5.69 Å². The predicted molar refractivity (Wildman–Crippen MR) is 83.4 cm³/mol. The average Bonchev–Trinajstić information content (AvgIpc) is 2.33. The Kier molecular flexibility index (Phi) is 4.09. The molecule has 1 heterocycles. The van der Waals surface area contributed by atoms with Gasteiger partial charge in [-0.05, 0) is 53.9 Å². The highest BCUT2D eigenvalue weighted by Gasteiger charge is 2.13. The molecule has 0 fully saturated rings. The number of H-pyrrole nitrogens is 1. The molecule has 0 saturated heterocycles. The molecule has 0 saturated carbocycles. The molecule has 0 spiro atoms. The van der Waals surface area contributed by atoms with Crippen LogP contribution in [-0.4, -0.2) is 10.9 Å². The number of hydrogen-bond acceptors (Lipinski definition) is 2. The Balaban J connectivity index is 2.35. The summed E-state index contributed by atoms with van der Waals surface area (Å²) in [6.45, 7) is 5.66. The third-order valence-corrected chi connectivity index (χ3v) is 3.60. The number of benzene rings is 1. The van der Waals surface area contributed by atoms with Crippen LogP contribution in [0.5, 0.6) is 0 Å². The number of nitrogens with one attached hydrogen (secondary N) is 2. The number of amides is 1. The molecule has 1 aromatic carbocycles. The first-order valence-electron chi connectivity index (χ1n) is 6.16. The number of carbonyl (C=O) groups is 1. The molecule has 2 aromatic rings. The highest BCUT2D eigenvalue weighted by atomic mass is 79.9. The highest BCUT2D eigenvalue weighted by molar-refractivity contribution is 9.10. The van der Waals surface area contributed by atoms with Crippen molar-refractivity contribution in [2.24, 2.45) is 0 Å². The van der Waals surface area contributed by atoms with Crippen molar-refractivity contribution in [3.63, 3.8) is 0 Å². The summed E-state index contributed by atoms with van der Waals surface area (Å²) in [6, 6.07) is 5.30. The Hall–Kier alpha value is -1.88. The summed E-state index contributed by atoms with van der Waals surface area (Å²) >= 11 is 3.43. The first-order valence-corrected chi connectivity index (χ1v) is 6.95. The van der Waals surface area contributed by atoms with Gasteiger partial charge in [-0.1, -0.05) is 6.07 Å². The molecule has 2 N–H and O–H groups in total. The number of rotatable bonds is 2. The van der Waals surface area contributed by atoms with Crippen molar-refractivity contribution in [3.05, 3.63) is 61.5 Å². The van der Waals surface area contributed by atoms with E-state index in [1.165, 1.54) is 12.3 Å². The lowest BCUT2D eigenvalue weighted by Gasteiger charge is -2.11. The maximum atomic E-state index is 12.2. The van der Waals surface area contributed by atoms with Gasteiger partial charge in [-0.3, -0.25) is 9.59 Å². The smallest absolute Gasteiger partial charge is 0.261 e. The molecular formula is C15H15BrN2O2. The Labute approximate surface area is 125 Å². The minimum Gasteiger partial charge on any atom is -0.364 e. The van der Waals surface area contributed by atoms with Crippen LogP contribution in [0.1, 0.15) is 27.2 Å². The number of aryl methyl sites for hydroxylation is 3. The predicted octanol–water partition coefficient (Wildman–Crippen LogP) is 3.31. The molecule has 0 aliphatic carbocycles. The van der Waals surface area contributed by atoms with E-state index in [2.05, 4.69) is 26.2 Å². The third-order valence-electron chi connectivity index (χ3n) is 2.97. The van der Waals surface area contributed by atoms with Crippen molar-refractivity contribution in [3.8, 4) is 0 Å². The van der Waals surface area contributed by atoms with Gasteiger partial charge in [0.1, 0.15) is 5.56 Å². The lowest BCUT2D eigenvalue weighted by Crippen LogP contribution is -2.22. The topological polar surface area (TPSA) is 62.0 Å². The zero-order valence-electron chi connectivity index (χ0n) is 11.5. The number of pyridine rings is 1. The van der Waals surface area contributed by atoms with Gasteiger partial charge in [0.2, 0.25) is 0 Å².